The largest absolute Gasteiger partial charge is 0.311 e. The van der Waals surface area contributed by atoms with Crippen molar-refractivity contribution < 1.29 is 0 Å². The number of rotatable bonds is 6. The van der Waals surface area contributed by atoms with Crippen LogP contribution in [0.25, 0.3) is 10.6 Å². The van der Waals surface area contributed by atoms with Crippen LogP contribution in [0.3, 0.4) is 0 Å². The van der Waals surface area contributed by atoms with E-state index in [1.165, 1.54) is 10.4 Å². The molecule has 3 rings (SSSR count). The maximum atomic E-state index is 4.22. The van der Waals surface area contributed by atoms with Crippen molar-refractivity contribution in [2.45, 2.75) is 25.9 Å². The van der Waals surface area contributed by atoms with Gasteiger partial charge in [0, 0.05) is 50.4 Å². The second-order valence-corrected chi connectivity index (χ2v) is 7.90. The highest BCUT2D eigenvalue weighted by Gasteiger charge is 2.28. The molecular formula is C17H27N5S. The van der Waals surface area contributed by atoms with Gasteiger partial charge in [0.2, 0.25) is 0 Å². The van der Waals surface area contributed by atoms with Gasteiger partial charge in [0.25, 0.3) is 0 Å². The summed E-state index contributed by atoms with van der Waals surface area (Å²) in [7, 11) is 2.20. The van der Waals surface area contributed by atoms with Gasteiger partial charge >= 0.3 is 0 Å². The highest BCUT2D eigenvalue weighted by atomic mass is 32.1. The van der Waals surface area contributed by atoms with Crippen LogP contribution in [0, 0.1) is 0 Å². The standard InChI is InChI=1S/C17H27N5S/c1-17(2,22-8-6-21(3)7-9-22)13-18-11-14-12-19-20-16(14)15-5-4-10-23-15/h4-5,10,12,18H,6-9,11,13H2,1-3H3,(H,19,20). The zero-order valence-electron chi connectivity index (χ0n) is 14.3. The second-order valence-electron chi connectivity index (χ2n) is 6.95. The van der Waals surface area contributed by atoms with E-state index in [0.717, 1.165) is 45.0 Å². The summed E-state index contributed by atoms with van der Waals surface area (Å²) in [5, 5.41) is 13.1. The Kier molecular flexibility index (Phi) is 5.16. The Labute approximate surface area is 142 Å². The van der Waals surface area contributed by atoms with Gasteiger partial charge < -0.3 is 10.2 Å². The fraction of sp³-hybridized carbons (Fsp3) is 0.588. The maximum Gasteiger partial charge on any atom is 0.0794 e. The molecule has 126 valence electrons. The quantitative estimate of drug-likeness (QED) is 0.851. The van der Waals surface area contributed by atoms with E-state index in [9.17, 15) is 0 Å². The van der Waals surface area contributed by atoms with Gasteiger partial charge in [0.1, 0.15) is 0 Å². The Balaban J connectivity index is 1.54. The van der Waals surface area contributed by atoms with E-state index in [2.05, 4.69) is 63.7 Å². The molecule has 1 aliphatic heterocycles. The highest BCUT2D eigenvalue weighted by molar-refractivity contribution is 7.13. The monoisotopic (exact) mass is 333 g/mol. The zero-order valence-corrected chi connectivity index (χ0v) is 15.1. The lowest BCUT2D eigenvalue weighted by molar-refractivity contribution is 0.0618. The second kappa shape index (κ2) is 7.13. The Hall–Kier alpha value is -1.21. The molecule has 2 N–H and O–H groups in total. The summed E-state index contributed by atoms with van der Waals surface area (Å²) in [6, 6.07) is 4.21. The number of piperazine rings is 1. The lowest BCUT2D eigenvalue weighted by Crippen LogP contribution is -2.57. The van der Waals surface area contributed by atoms with Crippen molar-refractivity contribution in [1.29, 1.82) is 0 Å². The van der Waals surface area contributed by atoms with Gasteiger partial charge in [-0.1, -0.05) is 6.07 Å². The van der Waals surface area contributed by atoms with Crippen molar-refractivity contribution >= 4 is 11.3 Å². The number of hydrogen-bond donors (Lipinski definition) is 2. The first-order valence-electron chi connectivity index (χ1n) is 8.27. The van der Waals surface area contributed by atoms with Crippen LogP contribution in [-0.2, 0) is 6.54 Å². The number of aromatic amines is 1. The SMILES string of the molecule is CN1CCN(C(C)(C)CNCc2cn[nH]c2-c2cccs2)CC1. The first kappa shape index (κ1) is 16.6. The molecule has 0 radical (unpaired) electrons. The molecule has 1 saturated heterocycles. The summed E-state index contributed by atoms with van der Waals surface area (Å²) in [5.41, 5.74) is 2.56. The maximum absolute atomic E-state index is 4.22. The molecule has 0 saturated carbocycles. The normalized spacial score (nSPS) is 17.7. The van der Waals surface area contributed by atoms with Crippen LogP contribution in [-0.4, -0.2) is 65.3 Å². The minimum absolute atomic E-state index is 0.175. The summed E-state index contributed by atoms with van der Waals surface area (Å²) >= 11 is 1.74. The van der Waals surface area contributed by atoms with Crippen molar-refractivity contribution in [3.63, 3.8) is 0 Å². The minimum atomic E-state index is 0.175. The number of aromatic nitrogens is 2. The fourth-order valence-electron chi connectivity index (χ4n) is 3.11. The Morgan fingerprint density at radius 3 is 2.78 bits per heavy atom. The molecule has 0 aromatic carbocycles. The topological polar surface area (TPSA) is 47.2 Å². The van der Waals surface area contributed by atoms with Gasteiger partial charge in [-0.05, 0) is 32.3 Å². The van der Waals surface area contributed by atoms with Crippen LogP contribution >= 0.6 is 11.3 Å². The van der Waals surface area contributed by atoms with Gasteiger partial charge in [-0.2, -0.15) is 5.10 Å². The molecule has 0 atom stereocenters. The molecule has 2 aromatic rings. The molecule has 0 spiro atoms. The molecule has 1 aliphatic rings. The average molecular weight is 334 g/mol. The van der Waals surface area contributed by atoms with Gasteiger partial charge in [-0.3, -0.25) is 10.00 Å². The van der Waals surface area contributed by atoms with E-state index in [1.54, 1.807) is 11.3 Å². The van der Waals surface area contributed by atoms with Crippen molar-refractivity contribution in [3.05, 3.63) is 29.3 Å². The number of likely N-dealkylation sites (N-methyl/N-ethyl adjacent to an activating group) is 1. The van der Waals surface area contributed by atoms with Gasteiger partial charge in [0.05, 0.1) is 16.8 Å². The van der Waals surface area contributed by atoms with E-state index in [4.69, 9.17) is 0 Å². The van der Waals surface area contributed by atoms with Crippen molar-refractivity contribution in [3.8, 4) is 10.6 Å². The van der Waals surface area contributed by atoms with Crippen molar-refractivity contribution in [2.75, 3.05) is 39.8 Å². The number of nitrogens with zero attached hydrogens (tertiary/aromatic N) is 3. The number of H-pyrrole nitrogens is 1. The van der Waals surface area contributed by atoms with E-state index in [0.29, 0.717) is 0 Å². The zero-order chi connectivity index (χ0) is 16.3. The molecule has 0 amide bonds. The van der Waals surface area contributed by atoms with E-state index >= 15 is 0 Å². The molecule has 0 bridgehead atoms. The predicted octanol–water partition coefficient (Wildman–Crippen LogP) is 2.25. The third kappa shape index (κ3) is 4.01. The van der Waals surface area contributed by atoms with Crippen LogP contribution in [0.15, 0.2) is 23.7 Å². The van der Waals surface area contributed by atoms with Crippen LogP contribution in [0.1, 0.15) is 19.4 Å². The predicted molar refractivity (Wildman–Crippen MR) is 96.8 cm³/mol. The Bertz CT molecular complexity index is 596. The molecule has 5 nitrogen and oxygen atoms in total. The molecule has 0 unspecified atom stereocenters. The highest BCUT2D eigenvalue weighted by Crippen LogP contribution is 2.25. The lowest BCUT2D eigenvalue weighted by Gasteiger charge is -2.43. The lowest BCUT2D eigenvalue weighted by atomic mass is 10.0. The van der Waals surface area contributed by atoms with Gasteiger partial charge in [-0.15, -0.1) is 11.3 Å². The van der Waals surface area contributed by atoms with Crippen LogP contribution in [0.4, 0.5) is 0 Å². The minimum Gasteiger partial charge on any atom is -0.311 e. The Morgan fingerprint density at radius 2 is 2.09 bits per heavy atom. The van der Waals surface area contributed by atoms with Crippen LogP contribution in [0.2, 0.25) is 0 Å². The van der Waals surface area contributed by atoms with E-state index < -0.39 is 0 Å². The third-order valence-corrected chi connectivity index (χ3v) is 5.61. The average Bonchev–Trinajstić information content (AvgIpc) is 3.18. The number of nitrogens with one attached hydrogen (secondary N) is 2. The summed E-state index contributed by atoms with van der Waals surface area (Å²) in [5.74, 6) is 0. The van der Waals surface area contributed by atoms with Crippen molar-refractivity contribution in [1.82, 2.24) is 25.3 Å². The molecule has 1 fully saturated rings. The molecule has 3 heterocycles. The van der Waals surface area contributed by atoms with Crippen molar-refractivity contribution in [2.24, 2.45) is 0 Å². The number of thiophene rings is 1. The summed E-state index contributed by atoms with van der Waals surface area (Å²) < 4.78 is 0. The third-order valence-electron chi connectivity index (χ3n) is 4.72. The number of hydrogen-bond acceptors (Lipinski definition) is 5. The van der Waals surface area contributed by atoms with Crippen LogP contribution in [0.5, 0.6) is 0 Å². The molecule has 23 heavy (non-hydrogen) atoms. The smallest absolute Gasteiger partial charge is 0.0794 e. The molecule has 6 heteroatoms. The first-order valence-corrected chi connectivity index (χ1v) is 9.15. The molecule has 2 aromatic heterocycles. The summed E-state index contributed by atoms with van der Waals surface area (Å²) in [6.07, 6.45) is 1.94. The van der Waals surface area contributed by atoms with Crippen LogP contribution < -0.4 is 5.32 Å². The van der Waals surface area contributed by atoms with Gasteiger partial charge in [-0.25, -0.2) is 0 Å². The Morgan fingerprint density at radius 1 is 1.30 bits per heavy atom. The molecule has 0 aliphatic carbocycles. The fourth-order valence-corrected chi connectivity index (χ4v) is 3.86. The molecular weight excluding hydrogens is 306 g/mol. The summed E-state index contributed by atoms with van der Waals surface area (Å²) in [6.45, 7) is 11.1. The van der Waals surface area contributed by atoms with E-state index in [-0.39, 0.29) is 5.54 Å². The van der Waals surface area contributed by atoms with E-state index in [1.807, 2.05) is 6.20 Å². The van der Waals surface area contributed by atoms with Gasteiger partial charge in [0.15, 0.2) is 0 Å². The summed E-state index contributed by atoms with van der Waals surface area (Å²) in [4.78, 5) is 6.24. The first-order chi connectivity index (χ1) is 11.1.